The summed E-state index contributed by atoms with van der Waals surface area (Å²) in [7, 11) is 0. The number of allylic oxidation sites excluding steroid dienone is 24. The van der Waals surface area contributed by atoms with Gasteiger partial charge >= 0.3 is 0 Å². The Hall–Kier alpha value is -3.45. The summed E-state index contributed by atoms with van der Waals surface area (Å²) in [6.45, 7) is 21.3. The molecule has 0 fully saturated rings. The van der Waals surface area contributed by atoms with Crippen molar-refractivity contribution in [1.29, 1.82) is 0 Å². The molecule has 0 unspecified atom stereocenters. The van der Waals surface area contributed by atoms with Crippen LogP contribution < -0.4 is 0 Å². The number of hydrogen-bond acceptors (Lipinski definition) is 1. The number of carbonyl (C=O) groups excluding carboxylic acids is 1. The molecule has 0 aromatic rings. The van der Waals surface area contributed by atoms with Crippen molar-refractivity contribution in [3.63, 3.8) is 0 Å². The molecule has 220 valence electrons. The summed E-state index contributed by atoms with van der Waals surface area (Å²) in [4.78, 5) is 12.1. The van der Waals surface area contributed by atoms with Crippen molar-refractivity contribution in [2.24, 2.45) is 5.41 Å². The smallest absolute Gasteiger partial charge is 0.158 e. The highest BCUT2D eigenvalue weighted by atomic mass is 16.1. The molecule has 1 nitrogen and oxygen atoms in total. The fourth-order valence-corrected chi connectivity index (χ4v) is 4.35. The zero-order chi connectivity index (χ0) is 30.8. The maximum Gasteiger partial charge on any atom is 0.158 e. The van der Waals surface area contributed by atoms with E-state index in [1.807, 2.05) is 6.92 Å². The molecule has 0 aliphatic heterocycles. The van der Waals surface area contributed by atoms with Crippen LogP contribution in [0.3, 0.4) is 0 Å². The molecule has 0 aromatic carbocycles. The Morgan fingerprint density at radius 3 is 1.66 bits per heavy atom. The topological polar surface area (TPSA) is 17.1 Å². The van der Waals surface area contributed by atoms with Gasteiger partial charge in [-0.1, -0.05) is 145 Å². The van der Waals surface area contributed by atoms with E-state index in [0.29, 0.717) is 6.42 Å². The average molecular weight is 551 g/mol. The van der Waals surface area contributed by atoms with Crippen LogP contribution >= 0.6 is 0 Å². The molecule has 1 aliphatic carbocycles. The van der Waals surface area contributed by atoms with Gasteiger partial charge in [0.2, 0.25) is 0 Å². The lowest BCUT2D eigenvalue weighted by atomic mass is 9.72. The van der Waals surface area contributed by atoms with Gasteiger partial charge in [-0.15, -0.1) is 0 Å². The van der Waals surface area contributed by atoms with Crippen molar-refractivity contribution in [3.8, 4) is 0 Å². The molecule has 0 amide bonds. The van der Waals surface area contributed by atoms with Crippen molar-refractivity contribution < 1.29 is 4.79 Å². The summed E-state index contributed by atoms with van der Waals surface area (Å²) in [5.41, 5.74) is 9.67. The number of ketones is 1. The molecule has 1 rings (SSSR count). The minimum atomic E-state index is 0.0494. The third-order valence-electron chi connectivity index (χ3n) is 7.14. The Kier molecular flexibility index (Phi) is 16.3. The third-order valence-corrected chi connectivity index (χ3v) is 7.14. The summed E-state index contributed by atoms with van der Waals surface area (Å²) >= 11 is 0. The highest BCUT2D eigenvalue weighted by Gasteiger charge is 2.30. The molecule has 0 saturated heterocycles. The van der Waals surface area contributed by atoms with Crippen molar-refractivity contribution >= 4 is 5.78 Å². The normalized spacial score (nSPS) is 18.4. The zero-order valence-electron chi connectivity index (χ0n) is 27.5. The monoisotopic (exact) mass is 550 g/mol. The first-order chi connectivity index (χ1) is 19.3. The molecule has 1 aliphatic rings. The fraction of sp³-hybridized carbons (Fsp3) is 0.375. The van der Waals surface area contributed by atoms with Gasteiger partial charge in [0.15, 0.2) is 5.78 Å². The Labute approximate surface area is 252 Å². The van der Waals surface area contributed by atoms with Gasteiger partial charge in [-0.3, -0.25) is 4.79 Å². The maximum atomic E-state index is 12.1. The second kappa shape index (κ2) is 18.8. The lowest BCUT2D eigenvalue weighted by Gasteiger charge is -2.32. The number of rotatable bonds is 13. The molecule has 0 heterocycles. The quantitative estimate of drug-likeness (QED) is 0.165. The van der Waals surface area contributed by atoms with Crippen LogP contribution in [0.15, 0.2) is 142 Å². The highest BCUT2D eigenvalue weighted by molar-refractivity contribution is 5.97. The van der Waals surface area contributed by atoms with E-state index in [1.165, 1.54) is 27.9 Å². The number of Topliss-reactive ketones (excluding diaryl/α,β-unsaturated/α-hetero) is 1. The number of carbonyl (C=O) groups is 1. The largest absolute Gasteiger partial charge is 0.295 e. The van der Waals surface area contributed by atoms with Crippen LogP contribution in [0.2, 0.25) is 0 Å². The Balaban J connectivity index is 2.62. The van der Waals surface area contributed by atoms with Crippen molar-refractivity contribution in [1.82, 2.24) is 0 Å². The first-order valence-corrected chi connectivity index (χ1v) is 14.9. The lowest BCUT2D eigenvalue weighted by molar-refractivity contribution is -0.116. The lowest BCUT2D eigenvalue weighted by Crippen LogP contribution is -2.24. The second-order valence-corrected chi connectivity index (χ2v) is 12.1. The molecule has 0 atom stereocenters. The van der Waals surface area contributed by atoms with Crippen molar-refractivity contribution in [2.75, 3.05) is 0 Å². The van der Waals surface area contributed by atoms with Crippen LogP contribution in [0.5, 0.6) is 0 Å². The van der Waals surface area contributed by atoms with Crippen molar-refractivity contribution in [2.45, 2.75) is 94.9 Å². The molecule has 41 heavy (non-hydrogen) atoms. The van der Waals surface area contributed by atoms with E-state index >= 15 is 0 Å². The molecule has 1 heteroatoms. The third kappa shape index (κ3) is 15.8. The Morgan fingerprint density at radius 2 is 1.15 bits per heavy atom. The molecule has 0 N–H and O–H groups in total. The highest BCUT2D eigenvalue weighted by Crippen LogP contribution is 2.39. The Morgan fingerprint density at radius 1 is 0.683 bits per heavy atom. The first kappa shape index (κ1) is 35.6. The molecule has 0 spiro atoms. The summed E-state index contributed by atoms with van der Waals surface area (Å²) < 4.78 is 0. The predicted molar refractivity (Wildman–Crippen MR) is 184 cm³/mol. The molecular formula is C40H54O. The summed E-state index contributed by atoms with van der Waals surface area (Å²) in [6.07, 6.45) is 37.8. The molecular weight excluding hydrogens is 496 g/mol. The van der Waals surface area contributed by atoms with Crippen LogP contribution in [-0.2, 0) is 4.79 Å². The van der Waals surface area contributed by atoms with E-state index in [2.05, 4.69) is 160 Å². The van der Waals surface area contributed by atoms with E-state index in [4.69, 9.17) is 0 Å². The SMILES string of the molecule is CC(C)=CCC\C(C)=C/C=C\C(C)=C\C=C\C(C)=C\C=C\C=C(C)\C=C/C=C(C)\C=C\C1=C(C)C(=O)CCC1(C)C. The van der Waals surface area contributed by atoms with Crippen LogP contribution in [0, 0.1) is 5.41 Å². The van der Waals surface area contributed by atoms with Crippen LogP contribution in [-0.4, -0.2) is 5.78 Å². The maximum absolute atomic E-state index is 12.1. The number of hydrogen-bond donors (Lipinski definition) is 0. The minimum absolute atomic E-state index is 0.0494. The van der Waals surface area contributed by atoms with Gasteiger partial charge in [-0.2, -0.15) is 0 Å². The van der Waals surface area contributed by atoms with Gasteiger partial charge < -0.3 is 0 Å². The molecule has 0 aromatic heterocycles. The summed E-state index contributed by atoms with van der Waals surface area (Å²) in [5, 5.41) is 0. The zero-order valence-corrected chi connectivity index (χ0v) is 27.5. The second-order valence-electron chi connectivity index (χ2n) is 12.1. The predicted octanol–water partition coefficient (Wildman–Crippen LogP) is 12.0. The van der Waals surface area contributed by atoms with Gasteiger partial charge in [-0.05, 0) is 91.2 Å². The fourth-order valence-electron chi connectivity index (χ4n) is 4.35. The molecule has 0 radical (unpaired) electrons. The van der Waals surface area contributed by atoms with Gasteiger partial charge in [0.1, 0.15) is 0 Å². The van der Waals surface area contributed by atoms with Crippen LogP contribution in [0.25, 0.3) is 0 Å². The standard InChI is InChI=1S/C40H54O/c1-31(2)17-13-20-34(5)23-15-25-35(6)24-14-21-32(3)18-11-12-19-33(4)22-16-26-36(7)27-28-38-37(8)39(41)29-30-40(38,9)10/h11-12,14-19,21-28H,13,20,29-30H2,1-10H3/b12-11+,21-14+,22-16-,25-15-,28-27+,32-18+,33-19+,34-23-,35-24+,36-26-. The van der Waals surface area contributed by atoms with E-state index in [0.717, 1.165) is 36.0 Å². The van der Waals surface area contributed by atoms with Gasteiger partial charge in [-0.25, -0.2) is 0 Å². The average Bonchev–Trinajstić information content (AvgIpc) is 2.88. The van der Waals surface area contributed by atoms with Gasteiger partial charge in [0.25, 0.3) is 0 Å². The molecule has 0 saturated carbocycles. The summed E-state index contributed by atoms with van der Waals surface area (Å²) in [5.74, 6) is 0.278. The van der Waals surface area contributed by atoms with Crippen molar-refractivity contribution in [3.05, 3.63) is 142 Å². The Bertz CT molecular complexity index is 1260. The van der Waals surface area contributed by atoms with Gasteiger partial charge in [0, 0.05) is 6.42 Å². The van der Waals surface area contributed by atoms with E-state index in [-0.39, 0.29) is 11.2 Å². The minimum Gasteiger partial charge on any atom is -0.295 e. The first-order valence-electron chi connectivity index (χ1n) is 14.9. The molecule has 0 bridgehead atoms. The van der Waals surface area contributed by atoms with E-state index in [9.17, 15) is 4.79 Å². The van der Waals surface area contributed by atoms with E-state index in [1.54, 1.807) is 0 Å². The van der Waals surface area contributed by atoms with Crippen LogP contribution in [0.4, 0.5) is 0 Å². The summed E-state index contributed by atoms with van der Waals surface area (Å²) in [6, 6.07) is 0. The van der Waals surface area contributed by atoms with E-state index < -0.39 is 0 Å². The van der Waals surface area contributed by atoms with Gasteiger partial charge in [0.05, 0.1) is 0 Å². The van der Waals surface area contributed by atoms with Crippen LogP contribution in [0.1, 0.15) is 94.9 Å².